The van der Waals surface area contributed by atoms with Gasteiger partial charge >= 0.3 is 0 Å². The number of aromatic nitrogens is 3. The van der Waals surface area contributed by atoms with Gasteiger partial charge in [0.25, 0.3) is 0 Å². The van der Waals surface area contributed by atoms with Crippen LogP contribution in [0.3, 0.4) is 0 Å². The molecule has 6 nitrogen and oxygen atoms in total. The topological polar surface area (TPSA) is 65.1 Å². The Labute approximate surface area is 149 Å². The first-order chi connectivity index (χ1) is 12.1. The number of carbonyl (C=O) groups is 1. The lowest BCUT2D eigenvalue weighted by Crippen LogP contribution is -2.48. The van der Waals surface area contributed by atoms with E-state index in [4.69, 9.17) is 0 Å². The molecule has 1 amide bonds. The Balaban J connectivity index is 1.50. The van der Waals surface area contributed by atoms with Gasteiger partial charge in [0.1, 0.15) is 5.82 Å². The van der Waals surface area contributed by atoms with Crippen molar-refractivity contribution in [1.82, 2.24) is 25.0 Å². The molecule has 0 saturated carbocycles. The van der Waals surface area contributed by atoms with Crippen molar-refractivity contribution in [2.45, 2.75) is 45.2 Å². The maximum absolute atomic E-state index is 12.5. The number of likely N-dealkylation sites (tertiary alicyclic amines) is 1. The Morgan fingerprint density at radius 2 is 2.16 bits per heavy atom. The highest BCUT2D eigenvalue weighted by Crippen LogP contribution is 2.18. The third-order valence-electron chi connectivity index (χ3n) is 4.85. The number of nitrogens with one attached hydrogen (secondary N) is 1. The maximum Gasteiger partial charge on any atom is 0.223 e. The molecule has 1 fully saturated rings. The minimum atomic E-state index is 0.209. The van der Waals surface area contributed by atoms with Crippen molar-refractivity contribution >= 4 is 5.91 Å². The lowest BCUT2D eigenvalue weighted by molar-refractivity contribution is -0.133. The summed E-state index contributed by atoms with van der Waals surface area (Å²) in [5, 5.41) is 6.93. The first-order valence-electron chi connectivity index (χ1n) is 9.01. The predicted octanol–water partition coefficient (Wildman–Crippen LogP) is 2.17. The lowest BCUT2D eigenvalue weighted by atomic mass is 10.0. The zero-order valence-electron chi connectivity index (χ0n) is 15.1. The van der Waals surface area contributed by atoms with Crippen molar-refractivity contribution < 1.29 is 4.79 Å². The zero-order valence-corrected chi connectivity index (χ0v) is 15.1. The Morgan fingerprint density at radius 3 is 2.88 bits per heavy atom. The van der Waals surface area contributed by atoms with E-state index >= 15 is 0 Å². The van der Waals surface area contributed by atoms with Crippen LogP contribution in [0.5, 0.6) is 0 Å². The Kier molecular flexibility index (Phi) is 5.81. The smallest absolute Gasteiger partial charge is 0.223 e. The summed E-state index contributed by atoms with van der Waals surface area (Å²) in [5.41, 5.74) is 1.31. The number of amides is 1. The molecule has 1 atom stereocenters. The molecule has 1 aromatic heterocycles. The van der Waals surface area contributed by atoms with Gasteiger partial charge in [-0.15, -0.1) is 0 Å². The predicted molar refractivity (Wildman–Crippen MR) is 97.0 cm³/mol. The number of hydrogen-bond donors (Lipinski definition) is 1. The highest BCUT2D eigenvalue weighted by Gasteiger charge is 2.26. The molecule has 3 rings (SSSR count). The standard InChI is InChI=1S/C19H27N5O/c1-15-20-18(22-21-15)10-11-19(25)24-12-6-9-17(14-24)23(2)13-16-7-4-3-5-8-16/h3-5,7-8,17H,6,9-14H2,1-2H3,(H,20,21,22). The number of benzene rings is 1. The minimum Gasteiger partial charge on any atom is -0.341 e. The molecular formula is C19H27N5O. The fourth-order valence-corrected chi connectivity index (χ4v) is 3.42. The second-order valence-corrected chi connectivity index (χ2v) is 6.87. The third kappa shape index (κ3) is 4.89. The molecule has 1 aromatic carbocycles. The first-order valence-corrected chi connectivity index (χ1v) is 9.01. The number of nitrogens with zero attached hydrogens (tertiary/aromatic N) is 4. The largest absolute Gasteiger partial charge is 0.341 e. The van der Waals surface area contributed by atoms with Crippen LogP contribution in [0.4, 0.5) is 0 Å². The summed E-state index contributed by atoms with van der Waals surface area (Å²) in [6.45, 7) is 4.47. The molecule has 1 N–H and O–H groups in total. The van der Waals surface area contributed by atoms with Crippen LogP contribution in [0.1, 0.15) is 36.5 Å². The van der Waals surface area contributed by atoms with E-state index in [1.807, 2.05) is 17.9 Å². The highest BCUT2D eigenvalue weighted by atomic mass is 16.2. The number of hydrogen-bond acceptors (Lipinski definition) is 4. The zero-order chi connectivity index (χ0) is 17.6. The van der Waals surface area contributed by atoms with E-state index in [2.05, 4.69) is 51.4 Å². The number of aromatic amines is 1. The maximum atomic E-state index is 12.5. The van der Waals surface area contributed by atoms with Crippen LogP contribution < -0.4 is 0 Å². The van der Waals surface area contributed by atoms with Crippen LogP contribution in [-0.4, -0.2) is 57.1 Å². The van der Waals surface area contributed by atoms with Gasteiger partial charge in [0, 0.05) is 38.5 Å². The quantitative estimate of drug-likeness (QED) is 0.874. The Bertz CT molecular complexity index is 684. The monoisotopic (exact) mass is 341 g/mol. The fourth-order valence-electron chi connectivity index (χ4n) is 3.42. The van der Waals surface area contributed by atoms with Crippen LogP contribution in [0.25, 0.3) is 0 Å². The van der Waals surface area contributed by atoms with Crippen molar-refractivity contribution in [3.05, 3.63) is 47.5 Å². The van der Waals surface area contributed by atoms with Crippen LogP contribution >= 0.6 is 0 Å². The number of likely N-dealkylation sites (N-methyl/N-ethyl adjacent to an activating group) is 1. The van der Waals surface area contributed by atoms with Crippen molar-refractivity contribution in [3.63, 3.8) is 0 Å². The molecule has 25 heavy (non-hydrogen) atoms. The normalized spacial score (nSPS) is 17.9. The summed E-state index contributed by atoms with van der Waals surface area (Å²) in [6, 6.07) is 10.9. The van der Waals surface area contributed by atoms with E-state index in [0.717, 1.165) is 44.1 Å². The van der Waals surface area contributed by atoms with E-state index in [1.165, 1.54) is 5.56 Å². The summed E-state index contributed by atoms with van der Waals surface area (Å²) < 4.78 is 0. The number of rotatable bonds is 6. The molecule has 6 heteroatoms. The molecule has 0 radical (unpaired) electrons. The summed E-state index contributed by atoms with van der Waals surface area (Å²) in [7, 11) is 2.15. The molecule has 1 unspecified atom stereocenters. The van der Waals surface area contributed by atoms with Gasteiger partial charge < -0.3 is 4.90 Å². The van der Waals surface area contributed by atoms with E-state index in [9.17, 15) is 4.79 Å². The van der Waals surface area contributed by atoms with Crippen molar-refractivity contribution in [3.8, 4) is 0 Å². The third-order valence-corrected chi connectivity index (χ3v) is 4.85. The highest BCUT2D eigenvalue weighted by molar-refractivity contribution is 5.76. The number of aryl methyl sites for hydroxylation is 2. The lowest BCUT2D eigenvalue weighted by Gasteiger charge is -2.37. The van der Waals surface area contributed by atoms with Gasteiger partial charge in [0.15, 0.2) is 5.82 Å². The minimum absolute atomic E-state index is 0.209. The van der Waals surface area contributed by atoms with Crippen molar-refractivity contribution in [2.24, 2.45) is 0 Å². The summed E-state index contributed by atoms with van der Waals surface area (Å²) in [5.74, 6) is 1.73. The second kappa shape index (κ2) is 8.25. The first kappa shape index (κ1) is 17.6. The van der Waals surface area contributed by atoms with Crippen molar-refractivity contribution in [1.29, 1.82) is 0 Å². The molecule has 0 aliphatic carbocycles. The van der Waals surface area contributed by atoms with E-state index in [-0.39, 0.29) is 5.91 Å². The fraction of sp³-hybridized carbons (Fsp3) is 0.526. The Morgan fingerprint density at radius 1 is 1.36 bits per heavy atom. The molecule has 0 bridgehead atoms. The number of piperidine rings is 1. The molecule has 1 aliphatic rings. The van der Waals surface area contributed by atoms with Gasteiger partial charge in [-0.25, -0.2) is 4.98 Å². The molecule has 2 heterocycles. The number of carbonyl (C=O) groups excluding carboxylic acids is 1. The average molecular weight is 341 g/mol. The van der Waals surface area contributed by atoms with Gasteiger partial charge in [-0.2, -0.15) is 5.10 Å². The SMILES string of the molecule is Cc1nc(CCC(=O)N2CCCC(N(C)Cc3ccccc3)C2)n[nH]1. The van der Waals surface area contributed by atoms with Crippen LogP contribution in [0.15, 0.2) is 30.3 Å². The molecule has 0 spiro atoms. The molecule has 2 aromatic rings. The summed E-state index contributed by atoms with van der Waals surface area (Å²) >= 11 is 0. The molecular weight excluding hydrogens is 314 g/mol. The van der Waals surface area contributed by atoms with Gasteiger partial charge in [-0.05, 0) is 32.4 Å². The summed E-state index contributed by atoms with van der Waals surface area (Å²) in [6.07, 6.45) is 3.29. The van der Waals surface area contributed by atoms with Crippen LogP contribution in [-0.2, 0) is 17.8 Å². The second-order valence-electron chi connectivity index (χ2n) is 6.87. The van der Waals surface area contributed by atoms with E-state index in [1.54, 1.807) is 0 Å². The average Bonchev–Trinajstić information content (AvgIpc) is 3.06. The van der Waals surface area contributed by atoms with Gasteiger partial charge in [0.2, 0.25) is 5.91 Å². The van der Waals surface area contributed by atoms with Crippen LogP contribution in [0, 0.1) is 6.92 Å². The van der Waals surface area contributed by atoms with Gasteiger partial charge in [-0.3, -0.25) is 14.8 Å². The number of H-pyrrole nitrogens is 1. The molecule has 1 saturated heterocycles. The van der Waals surface area contributed by atoms with Gasteiger partial charge in [0.05, 0.1) is 0 Å². The van der Waals surface area contributed by atoms with E-state index in [0.29, 0.717) is 18.9 Å². The summed E-state index contributed by atoms with van der Waals surface area (Å²) in [4.78, 5) is 21.2. The molecule has 1 aliphatic heterocycles. The van der Waals surface area contributed by atoms with E-state index < -0.39 is 0 Å². The Hall–Kier alpha value is -2.21. The van der Waals surface area contributed by atoms with Crippen molar-refractivity contribution in [2.75, 3.05) is 20.1 Å². The van der Waals surface area contributed by atoms with Gasteiger partial charge in [-0.1, -0.05) is 30.3 Å². The van der Waals surface area contributed by atoms with Crippen LogP contribution in [0.2, 0.25) is 0 Å². The molecule has 134 valence electrons.